The van der Waals surface area contributed by atoms with Crippen LogP contribution in [0.3, 0.4) is 0 Å². The van der Waals surface area contributed by atoms with Gasteiger partial charge in [-0.15, -0.1) is 5.10 Å². The summed E-state index contributed by atoms with van der Waals surface area (Å²) in [6.45, 7) is 1.56. The Bertz CT molecular complexity index is 787. The summed E-state index contributed by atoms with van der Waals surface area (Å²) in [5.74, 6) is -0.593. The Labute approximate surface area is 132 Å². The molecule has 0 radical (unpaired) electrons. The molecule has 2 aliphatic heterocycles. The second-order valence-corrected chi connectivity index (χ2v) is 5.86. The Morgan fingerprint density at radius 3 is 3.22 bits per heavy atom. The molecule has 2 aliphatic rings. The topological polar surface area (TPSA) is 82.2 Å². The van der Waals surface area contributed by atoms with Gasteiger partial charge in [-0.3, -0.25) is 4.79 Å². The number of fused-ring (bicyclic) bond motifs is 2. The second-order valence-electron chi connectivity index (χ2n) is 5.86. The van der Waals surface area contributed by atoms with Crippen molar-refractivity contribution in [3.8, 4) is 0 Å². The number of nitrogen functional groups attached to an aromatic ring is 1. The van der Waals surface area contributed by atoms with Crippen molar-refractivity contribution in [2.24, 2.45) is 0 Å². The fourth-order valence-corrected chi connectivity index (χ4v) is 3.34. The lowest BCUT2D eigenvalue weighted by atomic mass is 9.90. The largest absolute Gasteiger partial charge is 0.385 e. The van der Waals surface area contributed by atoms with Gasteiger partial charge in [0.25, 0.3) is 5.91 Å². The molecule has 6 nitrogen and oxygen atoms in total. The van der Waals surface area contributed by atoms with E-state index in [4.69, 9.17) is 10.5 Å². The summed E-state index contributed by atoms with van der Waals surface area (Å²) < 4.78 is 20.4. The third kappa shape index (κ3) is 2.28. The SMILES string of the molecule is Nc1nn(C(=O)C2CCNc3ccc(F)cc32)c2c1CCOC2. The van der Waals surface area contributed by atoms with Gasteiger partial charge in [0.05, 0.1) is 24.8 Å². The third-order valence-electron chi connectivity index (χ3n) is 4.50. The van der Waals surface area contributed by atoms with Crippen LogP contribution in [0.15, 0.2) is 18.2 Å². The van der Waals surface area contributed by atoms with E-state index in [1.807, 2.05) is 0 Å². The first kappa shape index (κ1) is 14.2. The number of halogens is 1. The average molecular weight is 316 g/mol. The van der Waals surface area contributed by atoms with Gasteiger partial charge in [-0.1, -0.05) is 0 Å². The molecule has 3 heterocycles. The maximum absolute atomic E-state index is 13.6. The number of carbonyl (C=O) groups excluding carboxylic acids is 1. The van der Waals surface area contributed by atoms with E-state index in [1.165, 1.54) is 16.8 Å². The number of nitrogens with zero attached hydrogens (tertiary/aromatic N) is 2. The van der Waals surface area contributed by atoms with Gasteiger partial charge >= 0.3 is 0 Å². The van der Waals surface area contributed by atoms with Crippen LogP contribution in [0.4, 0.5) is 15.9 Å². The van der Waals surface area contributed by atoms with Crippen LogP contribution in [0.25, 0.3) is 0 Å². The number of hydrogen-bond acceptors (Lipinski definition) is 5. The number of nitrogens with one attached hydrogen (secondary N) is 1. The Kier molecular flexibility index (Phi) is 3.30. The van der Waals surface area contributed by atoms with Crippen molar-refractivity contribution in [1.29, 1.82) is 0 Å². The molecule has 1 aromatic carbocycles. The summed E-state index contributed by atoms with van der Waals surface area (Å²) in [4.78, 5) is 13.0. The first-order valence-electron chi connectivity index (χ1n) is 7.66. The first-order chi connectivity index (χ1) is 11.1. The van der Waals surface area contributed by atoms with Crippen molar-refractivity contribution < 1.29 is 13.9 Å². The molecule has 3 N–H and O–H groups in total. The molecule has 23 heavy (non-hydrogen) atoms. The van der Waals surface area contributed by atoms with E-state index in [0.717, 1.165) is 16.9 Å². The molecule has 7 heteroatoms. The van der Waals surface area contributed by atoms with Crippen molar-refractivity contribution in [3.05, 3.63) is 40.8 Å². The Morgan fingerprint density at radius 1 is 1.48 bits per heavy atom. The number of aromatic nitrogens is 2. The van der Waals surface area contributed by atoms with E-state index in [-0.39, 0.29) is 11.7 Å². The molecule has 4 rings (SSSR count). The zero-order chi connectivity index (χ0) is 16.0. The maximum atomic E-state index is 13.6. The molecule has 0 spiro atoms. The molecular weight excluding hydrogens is 299 g/mol. The Balaban J connectivity index is 1.75. The standard InChI is InChI=1S/C16H17FN4O2/c17-9-1-2-13-12(7-9)10(3-5-19-13)16(22)21-14-8-23-6-4-11(14)15(18)20-21/h1-2,7,10,19H,3-6,8H2,(H2,18,20). The molecule has 1 aromatic heterocycles. The van der Waals surface area contributed by atoms with Crippen LogP contribution >= 0.6 is 0 Å². The Hall–Kier alpha value is -2.41. The van der Waals surface area contributed by atoms with Gasteiger partial charge in [0.15, 0.2) is 0 Å². The molecule has 1 unspecified atom stereocenters. The van der Waals surface area contributed by atoms with Crippen LogP contribution in [0.2, 0.25) is 0 Å². The minimum absolute atomic E-state index is 0.184. The van der Waals surface area contributed by atoms with Crippen molar-refractivity contribution in [1.82, 2.24) is 9.78 Å². The predicted octanol–water partition coefficient (Wildman–Crippen LogP) is 1.92. The van der Waals surface area contributed by atoms with Crippen LogP contribution in [0, 0.1) is 5.82 Å². The first-order valence-corrected chi connectivity index (χ1v) is 7.66. The normalized spacial score (nSPS) is 19.6. The highest BCUT2D eigenvalue weighted by atomic mass is 19.1. The molecule has 0 saturated heterocycles. The minimum Gasteiger partial charge on any atom is -0.385 e. The van der Waals surface area contributed by atoms with Crippen molar-refractivity contribution >= 4 is 17.4 Å². The summed E-state index contributed by atoms with van der Waals surface area (Å²) in [5, 5.41) is 7.41. The van der Waals surface area contributed by atoms with Gasteiger partial charge in [0, 0.05) is 24.2 Å². The number of benzene rings is 1. The number of carbonyl (C=O) groups is 1. The van der Waals surface area contributed by atoms with E-state index < -0.39 is 5.92 Å². The second kappa shape index (κ2) is 5.34. The molecular formula is C16H17FN4O2. The summed E-state index contributed by atoms with van der Waals surface area (Å²) >= 11 is 0. The molecule has 0 aliphatic carbocycles. The molecule has 0 bridgehead atoms. The number of anilines is 2. The summed E-state index contributed by atoms with van der Waals surface area (Å²) in [7, 11) is 0. The van der Waals surface area contributed by atoms with Gasteiger partial charge in [-0.25, -0.2) is 4.39 Å². The number of hydrogen-bond donors (Lipinski definition) is 2. The summed E-state index contributed by atoms with van der Waals surface area (Å²) in [6, 6.07) is 4.47. The number of rotatable bonds is 1. The molecule has 1 atom stereocenters. The Morgan fingerprint density at radius 2 is 2.35 bits per heavy atom. The highest BCUT2D eigenvalue weighted by molar-refractivity contribution is 5.89. The third-order valence-corrected chi connectivity index (χ3v) is 4.50. The van der Waals surface area contributed by atoms with Crippen LogP contribution < -0.4 is 11.1 Å². The lowest BCUT2D eigenvalue weighted by molar-refractivity contribution is 0.0797. The summed E-state index contributed by atoms with van der Waals surface area (Å²) in [5.41, 5.74) is 9.00. The average Bonchev–Trinajstić information content (AvgIpc) is 2.91. The lowest BCUT2D eigenvalue weighted by Gasteiger charge is -2.26. The van der Waals surface area contributed by atoms with Gasteiger partial charge in [0.1, 0.15) is 11.6 Å². The molecule has 0 saturated carbocycles. The van der Waals surface area contributed by atoms with E-state index in [0.29, 0.717) is 44.0 Å². The number of nitrogens with two attached hydrogens (primary N) is 1. The quantitative estimate of drug-likeness (QED) is 0.840. The highest BCUT2D eigenvalue weighted by Crippen LogP contribution is 2.34. The van der Waals surface area contributed by atoms with Crippen LogP contribution in [-0.2, 0) is 17.8 Å². The van der Waals surface area contributed by atoms with Gasteiger partial charge in [-0.05, 0) is 30.2 Å². The molecule has 120 valence electrons. The smallest absolute Gasteiger partial charge is 0.254 e. The van der Waals surface area contributed by atoms with Crippen LogP contribution in [-0.4, -0.2) is 28.8 Å². The highest BCUT2D eigenvalue weighted by Gasteiger charge is 2.32. The maximum Gasteiger partial charge on any atom is 0.254 e. The van der Waals surface area contributed by atoms with Gasteiger partial charge in [-0.2, -0.15) is 4.68 Å². The lowest BCUT2D eigenvalue weighted by Crippen LogP contribution is -2.29. The van der Waals surface area contributed by atoms with Crippen molar-refractivity contribution in [2.45, 2.75) is 25.4 Å². The molecule has 2 aromatic rings. The fraction of sp³-hybridized carbons (Fsp3) is 0.375. The number of ether oxygens (including phenoxy) is 1. The predicted molar refractivity (Wildman–Crippen MR) is 82.9 cm³/mol. The minimum atomic E-state index is -0.438. The van der Waals surface area contributed by atoms with Gasteiger partial charge in [0.2, 0.25) is 0 Å². The monoisotopic (exact) mass is 316 g/mol. The summed E-state index contributed by atoms with van der Waals surface area (Å²) in [6.07, 6.45) is 1.25. The fourth-order valence-electron chi connectivity index (χ4n) is 3.34. The zero-order valence-electron chi connectivity index (χ0n) is 12.5. The van der Waals surface area contributed by atoms with E-state index in [1.54, 1.807) is 6.07 Å². The van der Waals surface area contributed by atoms with E-state index in [2.05, 4.69) is 10.4 Å². The zero-order valence-corrected chi connectivity index (χ0v) is 12.5. The molecule has 0 fully saturated rings. The van der Waals surface area contributed by atoms with Crippen LogP contribution in [0.5, 0.6) is 0 Å². The van der Waals surface area contributed by atoms with E-state index in [9.17, 15) is 9.18 Å². The van der Waals surface area contributed by atoms with Crippen molar-refractivity contribution in [2.75, 3.05) is 24.2 Å². The van der Waals surface area contributed by atoms with Crippen LogP contribution in [0.1, 0.15) is 34.0 Å². The molecule has 0 amide bonds. The van der Waals surface area contributed by atoms with Gasteiger partial charge < -0.3 is 15.8 Å². The van der Waals surface area contributed by atoms with E-state index >= 15 is 0 Å². The van der Waals surface area contributed by atoms with Crippen molar-refractivity contribution in [3.63, 3.8) is 0 Å².